The third kappa shape index (κ3) is 5.37. The molecule has 0 aliphatic carbocycles. The molecular weight excluding hydrogens is 489 g/mol. The lowest BCUT2D eigenvalue weighted by Gasteiger charge is -2.29. The van der Waals surface area contributed by atoms with E-state index in [-0.39, 0.29) is 18.3 Å². The number of rotatable bonds is 6. The van der Waals surface area contributed by atoms with Gasteiger partial charge in [0.05, 0.1) is 29.9 Å². The second-order valence-corrected chi connectivity index (χ2v) is 9.83. The van der Waals surface area contributed by atoms with Gasteiger partial charge in [-0.2, -0.15) is 0 Å². The highest BCUT2D eigenvalue weighted by molar-refractivity contribution is 7.22. The van der Waals surface area contributed by atoms with Crippen LogP contribution in [0.2, 0.25) is 5.02 Å². The largest absolute Gasteiger partial charge is 0.379 e. The number of morpholine rings is 1. The fourth-order valence-corrected chi connectivity index (χ4v) is 5.82. The Morgan fingerprint density at radius 1 is 1.15 bits per heavy atom. The van der Waals surface area contributed by atoms with Gasteiger partial charge in [0.2, 0.25) is 5.91 Å². The first-order valence-corrected chi connectivity index (χ1v) is 12.4. The highest BCUT2D eigenvalue weighted by atomic mass is 35.5. The van der Waals surface area contributed by atoms with E-state index in [1.807, 2.05) is 48.2 Å². The zero-order valence-corrected chi connectivity index (χ0v) is 21.4. The molecule has 8 heteroatoms. The lowest BCUT2D eigenvalue weighted by Crippen LogP contribution is -2.43. The van der Waals surface area contributed by atoms with Gasteiger partial charge in [0, 0.05) is 31.2 Å². The van der Waals surface area contributed by atoms with Crippen molar-refractivity contribution in [2.45, 2.75) is 13.3 Å². The SMILES string of the molecule is Cc1cc(Cl)cc2sc(N(CCN3CCOCC3)C(=O)Cc3cccc4ccccc34)nc12.Cl. The Labute approximate surface area is 214 Å². The topological polar surface area (TPSA) is 45.7 Å². The molecule has 178 valence electrons. The summed E-state index contributed by atoms with van der Waals surface area (Å²) in [5.41, 5.74) is 2.97. The molecule has 0 N–H and O–H groups in total. The number of benzene rings is 3. The van der Waals surface area contributed by atoms with Crippen LogP contribution in [-0.4, -0.2) is 55.2 Å². The molecule has 0 bridgehead atoms. The zero-order chi connectivity index (χ0) is 22.8. The molecule has 0 radical (unpaired) electrons. The van der Waals surface area contributed by atoms with Crippen molar-refractivity contribution in [3.05, 3.63) is 70.7 Å². The molecule has 1 aromatic heterocycles. The standard InChI is InChI=1S/C26H26ClN3O2S.ClH/c1-18-15-21(27)17-23-25(18)28-26(33-23)30(10-9-29-11-13-32-14-12-29)24(31)16-20-7-4-6-19-5-2-3-8-22(19)20;/h2-8,15,17H,9-14,16H2,1H3;1H. The number of thiazole rings is 1. The van der Waals surface area contributed by atoms with Crippen molar-refractivity contribution in [1.82, 2.24) is 9.88 Å². The Hall–Kier alpha value is -2.22. The normalized spacial score (nSPS) is 14.3. The fourth-order valence-electron chi connectivity index (χ4n) is 4.36. The molecule has 3 aromatic carbocycles. The number of aromatic nitrogens is 1. The summed E-state index contributed by atoms with van der Waals surface area (Å²) in [6.45, 7) is 6.65. The van der Waals surface area contributed by atoms with Crippen LogP contribution in [0.4, 0.5) is 5.13 Å². The molecule has 1 aliphatic rings. The Kier molecular flexibility index (Phi) is 8.06. The first-order chi connectivity index (χ1) is 16.1. The Morgan fingerprint density at radius 2 is 1.91 bits per heavy atom. The number of carbonyl (C=O) groups is 1. The quantitative estimate of drug-likeness (QED) is 0.328. The van der Waals surface area contributed by atoms with E-state index < -0.39 is 0 Å². The molecule has 0 spiro atoms. The van der Waals surface area contributed by atoms with Gasteiger partial charge < -0.3 is 4.74 Å². The Bertz CT molecular complexity index is 1300. The summed E-state index contributed by atoms with van der Waals surface area (Å²) in [4.78, 5) is 22.7. The van der Waals surface area contributed by atoms with Crippen LogP contribution >= 0.6 is 35.3 Å². The van der Waals surface area contributed by atoms with Gasteiger partial charge in [-0.05, 0) is 41.0 Å². The molecular formula is C26H27Cl2N3O2S. The average Bonchev–Trinajstić information content (AvgIpc) is 3.24. The first-order valence-electron chi connectivity index (χ1n) is 11.2. The molecule has 0 atom stereocenters. The monoisotopic (exact) mass is 515 g/mol. The summed E-state index contributed by atoms with van der Waals surface area (Å²) >= 11 is 7.81. The summed E-state index contributed by atoms with van der Waals surface area (Å²) in [6, 6.07) is 18.2. The van der Waals surface area contributed by atoms with Crippen LogP contribution in [0.25, 0.3) is 21.0 Å². The van der Waals surface area contributed by atoms with E-state index in [4.69, 9.17) is 21.3 Å². The van der Waals surface area contributed by atoms with Crippen LogP contribution in [-0.2, 0) is 16.0 Å². The van der Waals surface area contributed by atoms with Crippen LogP contribution in [0.5, 0.6) is 0 Å². The number of ether oxygens (including phenoxy) is 1. The van der Waals surface area contributed by atoms with Gasteiger partial charge >= 0.3 is 0 Å². The number of anilines is 1. The number of aryl methyl sites for hydroxylation is 1. The van der Waals surface area contributed by atoms with Crippen LogP contribution in [0.3, 0.4) is 0 Å². The van der Waals surface area contributed by atoms with Crippen molar-refractivity contribution in [2.24, 2.45) is 0 Å². The molecule has 1 amide bonds. The second kappa shape index (κ2) is 11.0. The lowest BCUT2D eigenvalue weighted by molar-refractivity contribution is -0.118. The van der Waals surface area contributed by atoms with E-state index in [1.54, 1.807) is 0 Å². The van der Waals surface area contributed by atoms with Gasteiger partial charge in [-0.1, -0.05) is 65.4 Å². The number of carbonyl (C=O) groups excluding carboxylic acids is 1. The minimum Gasteiger partial charge on any atom is -0.379 e. The minimum atomic E-state index is 0. The third-order valence-corrected chi connectivity index (χ3v) is 7.38. The summed E-state index contributed by atoms with van der Waals surface area (Å²) in [7, 11) is 0. The zero-order valence-electron chi connectivity index (χ0n) is 19.0. The van der Waals surface area contributed by atoms with E-state index in [9.17, 15) is 4.79 Å². The smallest absolute Gasteiger partial charge is 0.233 e. The summed E-state index contributed by atoms with van der Waals surface area (Å²) in [5, 5.41) is 3.69. The molecule has 0 unspecified atom stereocenters. The van der Waals surface area contributed by atoms with Crippen molar-refractivity contribution >= 4 is 67.4 Å². The maximum atomic E-state index is 13.7. The van der Waals surface area contributed by atoms with Gasteiger partial charge in [-0.25, -0.2) is 4.98 Å². The molecule has 1 saturated heterocycles. The van der Waals surface area contributed by atoms with Crippen LogP contribution in [0, 0.1) is 6.92 Å². The van der Waals surface area contributed by atoms with Crippen molar-refractivity contribution in [3.8, 4) is 0 Å². The van der Waals surface area contributed by atoms with E-state index in [1.165, 1.54) is 11.3 Å². The molecule has 5 rings (SSSR count). The van der Waals surface area contributed by atoms with Crippen LogP contribution in [0.15, 0.2) is 54.6 Å². The van der Waals surface area contributed by atoms with Crippen molar-refractivity contribution in [3.63, 3.8) is 0 Å². The molecule has 0 saturated carbocycles. The van der Waals surface area contributed by atoms with Crippen molar-refractivity contribution < 1.29 is 9.53 Å². The maximum absolute atomic E-state index is 13.7. The molecule has 34 heavy (non-hydrogen) atoms. The highest BCUT2D eigenvalue weighted by Gasteiger charge is 2.23. The predicted octanol–water partition coefficient (Wildman–Crippen LogP) is 5.74. The summed E-state index contributed by atoms with van der Waals surface area (Å²) in [6.07, 6.45) is 0.333. The van der Waals surface area contributed by atoms with E-state index in [0.29, 0.717) is 18.0 Å². The number of nitrogens with zero attached hydrogens (tertiary/aromatic N) is 3. The van der Waals surface area contributed by atoms with Gasteiger partial charge in [0.15, 0.2) is 5.13 Å². The maximum Gasteiger partial charge on any atom is 0.233 e. The number of halogens is 2. The van der Waals surface area contributed by atoms with Gasteiger partial charge in [0.1, 0.15) is 0 Å². The molecule has 4 aromatic rings. The molecule has 1 aliphatic heterocycles. The number of fused-ring (bicyclic) bond motifs is 2. The molecule has 5 nitrogen and oxygen atoms in total. The van der Waals surface area contributed by atoms with Gasteiger partial charge in [0.25, 0.3) is 0 Å². The van der Waals surface area contributed by atoms with Crippen LogP contribution < -0.4 is 4.90 Å². The number of amides is 1. The predicted molar refractivity (Wildman–Crippen MR) is 144 cm³/mol. The van der Waals surface area contributed by atoms with Crippen molar-refractivity contribution in [1.29, 1.82) is 0 Å². The van der Waals surface area contributed by atoms with Gasteiger partial charge in [-0.15, -0.1) is 12.4 Å². The first kappa shape index (κ1) is 24.9. The Balaban J connectivity index is 0.00000274. The van der Waals surface area contributed by atoms with E-state index >= 15 is 0 Å². The fraction of sp³-hybridized carbons (Fsp3) is 0.308. The van der Waals surface area contributed by atoms with E-state index in [0.717, 1.165) is 70.1 Å². The summed E-state index contributed by atoms with van der Waals surface area (Å²) in [5.74, 6) is 0.0578. The molecule has 2 heterocycles. The van der Waals surface area contributed by atoms with Crippen molar-refractivity contribution in [2.75, 3.05) is 44.3 Å². The second-order valence-electron chi connectivity index (χ2n) is 8.38. The summed E-state index contributed by atoms with van der Waals surface area (Å²) < 4.78 is 6.48. The van der Waals surface area contributed by atoms with Crippen LogP contribution in [0.1, 0.15) is 11.1 Å². The number of hydrogen-bond acceptors (Lipinski definition) is 5. The number of hydrogen-bond donors (Lipinski definition) is 0. The average molecular weight is 516 g/mol. The van der Waals surface area contributed by atoms with E-state index in [2.05, 4.69) is 23.1 Å². The van der Waals surface area contributed by atoms with Gasteiger partial charge in [-0.3, -0.25) is 14.6 Å². The highest BCUT2D eigenvalue weighted by Crippen LogP contribution is 2.33. The minimum absolute atomic E-state index is 0. The Morgan fingerprint density at radius 3 is 2.74 bits per heavy atom. The molecule has 1 fully saturated rings. The third-order valence-electron chi connectivity index (χ3n) is 6.14. The lowest BCUT2D eigenvalue weighted by atomic mass is 10.0.